The molecule has 1 aromatic rings. The number of rotatable bonds is 6. The minimum Gasteiger partial charge on any atom is -0.310 e. The normalized spacial score (nSPS) is 12.4. The molecule has 82 valence electrons. The summed E-state index contributed by atoms with van der Waals surface area (Å²) in [5.41, 5.74) is 1.31. The van der Waals surface area contributed by atoms with Crippen LogP contribution in [0.2, 0.25) is 0 Å². The van der Waals surface area contributed by atoms with Gasteiger partial charge in [0.05, 0.1) is 0 Å². The highest BCUT2D eigenvalue weighted by Gasteiger charge is 2.02. The molecule has 0 amide bonds. The predicted octanol–water partition coefficient (Wildman–Crippen LogP) is 3.89. The Morgan fingerprint density at radius 1 is 1.47 bits per heavy atom. The van der Waals surface area contributed by atoms with Gasteiger partial charge in [0.25, 0.3) is 0 Å². The summed E-state index contributed by atoms with van der Waals surface area (Å²) in [5.74, 6) is 0. The van der Waals surface area contributed by atoms with Crippen molar-refractivity contribution in [3.05, 3.63) is 47.0 Å². The third-order valence-corrected chi connectivity index (χ3v) is 3.18. The van der Waals surface area contributed by atoms with Gasteiger partial charge in [0.1, 0.15) is 0 Å². The molecule has 0 fully saturated rings. The molecule has 0 saturated heterocycles. The molecule has 0 bridgehead atoms. The summed E-state index contributed by atoms with van der Waals surface area (Å²) in [5, 5.41) is 3.50. The van der Waals surface area contributed by atoms with Crippen LogP contribution in [-0.2, 0) is 6.54 Å². The van der Waals surface area contributed by atoms with Crippen molar-refractivity contribution < 1.29 is 0 Å². The zero-order valence-corrected chi connectivity index (χ0v) is 10.8. The van der Waals surface area contributed by atoms with Crippen molar-refractivity contribution in [1.29, 1.82) is 0 Å². The first-order chi connectivity index (χ1) is 7.24. The van der Waals surface area contributed by atoms with E-state index >= 15 is 0 Å². The van der Waals surface area contributed by atoms with Gasteiger partial charge < -0.3 is 5.32 Å². The smallest absolute Gasteiger partial charge is 0.0220 e. The van der Waals surface area contributed by atoms with Gasteiger partial charge >= 0.3 is 0 Å². The lowest BCUT2D eigenvalue weighted by atomic mass is 10.1. The van der Waals surface area contributed by atoms with E-state index in [9.17, 15) is 0 Å². The van der Waals surface area contributed by atoms with Crippen LogP contribution in [0.1, 0.15) is 25.3 Å². The largest absolute Gasteiger partial charge is 0.310 e. The molecule has 1 N–H and O–H groups in total. The van der Waals surface area contributed by atoms with Crippen molar-refractivity contribution in [3.63, 3.8) is 0 Å². The lowest BCUT2D eigenvalue weighted by Gasteiger charge is -2.13. The molecular formula is C13H18BrN. The molecule has 1 rings (SSSR count). The average molecular weight is 268 g/mol. The fourth-order valence-corrected chi connectivity index (χ4v) is 1.82. The Labute approximate surface area is 101 Å². The predicted molar refractivity (Wildman–Crippen MR) is 69.9 cm³/mol. The molecule has 0 spiro atoms. The Bertz CT molecular complexity index is 309. The van der Waals surface area contributed by atoms with E-state index in [2.05, 4.69) is 52.9 Å². The van der Waals surface area contributed by atoms with E-state index in [-0.39, 0.29) is 0 Å². The Morgan fingerprint density at radius 2 is 2.20 bits per heavy atom. The molecule has 2 heteroatoms. The highest BCUT2D eigenvalue weighted by molar-refractivity contribution is 9.10. The Hall–Kier alpha value is -0.600. The third-order valence-electron chi connectivity index (χ3n) is 2.40. The molecule has 0 aliphatic rings. The number of hydrogen-bond acceptors (Lipinski definition) is 1. The molecule has 1 atom stereocenters. The van der Waals surface area contributed by atoms with Crippen molar-refractivity contribution in [2.45, 2.75) is 32.4 Å². The first kappa shape index (κ1) is 12.5. The van der Waals surface area contributed by atoms with E-state index in [0.29, 0.717) is 6.04 Å². The molecule has 1 nitrogen and oxygen atoms in total. The Kier molecular flexibility index (Phi) is 5.66. The highest BCUT2D eigenvalue weighted by Crippen LogP contribution is 2.15. The van der Waals surface area contributed by atoms with Crippen LogP contribution in [0.4, 0.5) is 0 Å². The second kappa shape index (κ2) is 6.81. The quantitative estimate of drug-likeness (QED) is 0.772. The van der Waals surface area contributed by atoms with Crippen LogP contribution in [0.25, 0.3) is 0 Å². The van der Waals surface area contributed by atoms with Gasteiger partial charge in [-0.1, -0.05) is 40.2 Å². The molecule has 0 saturated carbocycles. The first-order valence-electron chi connectivity index (χ1n) is 5.31. The minimum atomic E-state index is 0.537. The summed E-state index contributed by atoms with van der Waals surface area (Å²) in [6.45, 7) is 6.85. The number of allylic oxidation sites excluding steroid dienone is 1. The summed E-state index contributed by atoms with van der Waals surface area (Å²) < 4.78 is 1.17. The van der Waals surface area contributed by atoms with Gasteiger partial charge in [0.2, 0.25) is 0 Å². The van der Waals surface area contributed by atoms with Crippen molar-refractivity contribution in [3.8, 4) is 0 Å². The second-order valence-electron chi connectivity index (χ2n) is 3.74. The lowest BCUT2D eigenvalue weighted by Crippen LogP contribution is -2.25. The lowest BCUT2D eigenvalue weighted by molar-refractivity contribution is 0.517. The van der Waals surface area contributed by atoms with Crippen molar-refractivity contribution in [1.82, 2.24) is 5.32 Å². The van der Waals surface area contributed by atoms with Crippen LogP contribution < -0.4 is 5.32 Å². The van der Waals surface area contributed by atoms with Crippen LogP contribution in [0.3, 0.4) is 0 Å². The summed E-state index contributed by atoms with van der Waals surface area (Å²) in [6, 6.07) is 8.85. The maximum atomic E-state index is 3.73. The third kappa shape index (κ3) is 4.63. The molecule has 0 aliphatic heterocycles. The van der Waals surface area contributed by atoms with E-state index in [1.54, 1.807) is 0 Å². The molecule has 15 heavy (non-hydrogen) atoms. The van der Waals surface area contributed by atoms with Crippen LogP contribution in [-0.4, -0.2) is 6.04 Å². The zero-order chi connectivity index (χ0) is 11.1. The van der Waals surface area contributed by atoms with Crippen molar-refractivity contribution in [2.24, 2.45) is 0 Å². The number of benzene rings is 1. The van der Waals surface area contributed by atoms with Crippen molar-refractivity contribution in [2.75, 3.05) is 0 Å². The maximum Gasteiger partial charge on any atom is 0.0220 e. The highest BCUT2D eigenvalue weighted by atomic mass is 79.9. The number of nitrogens with one attached hydrogen (secondary N) is 1. The van der Waals surface area contributed by atoms with Gasteiger partial charge in [0, 0.05) is 17.1 Å². The summed E-state index contributed by atoms with van der Waals surface area (Å²) in [7, 11) is 0. The molecular weight excluding hydrogens is 250 g/mol. The van der Waals surface area contributed by atoms with Gasteiger partial charge in [-0.25, -0.2) is 0 Å². The van der Waals surface area contributed by atoms with E-state index < -0.39 is 0 Å². The minimum absolute atomic E-state index is 0.537. The van der Waals surface area contributed by atoms with Gasteiger partial charge in [-0.15, -0.1) is 6.58 Å². The van der Waals surface area contributed by atoms with E-state index in [0.717, 1.165) is 19.4 Å². The maximum absolute atomic E-state index is 3.73. The van der Waals surface area contributed by atoms with Crippen molar-refractivity contribution >= 4 is 15.9 Å². The Morgan fingerprint density at radius 3 is 2.87 bits per heavy atom. The van der Waals surface area contributed by atoms with Gasteiger partial charge in [-0.2, -0.15) is 0 Å². The number of hydrogen-bond donors (Lipinski definition) is 1. The molecule has 1 unspecified atom stereocenters. The molecule has 0 aromatic heterocycles. The Balaban J connectivity index is 2.36. The first-order valence-corrected chi connectivity index (χ1v) is 6.11. The fourth-order valence-electron chi connectivity index (χ4n) is 1.40. The standard InChI is InChI=1S/C13H18BrN/c1-3-4-7-11(2)15-10-12-8-5-6-9-13(12)14/h3,5-6,8-9,11,15H,1,4,7,10H2,2H3. The fraction of sp³-hybridized carbons (Fsp3) is 0.385. The van der Waals surface area contributed by atoms with E-state index in [4.69, 9.17) is 0 Å². The van der Waals surface area contributed by atoms with Crippen LogP contribution in [0.5, 0.6) is 0 Å². The van der Waals surface area contributed by atoms with E-state index in [1.165, 1.54) is 10.0 Å². The van der Waals surface area contributed by atoms with Crippen LogP contribution in [0.15, 0.2) is 41.4 Å². The monoisotopic (exact) mass is 267 g/mol. The zero-order valence-electron chi connectivity index (χ0n) is 9.17. The van der Waals surface area contributed by atoms with Gasteiger partial charge in [-0.3, -0.25) is 0 Å². The SMILES string of the molecule is C=CCCC(C)NCc1ccccc1Br. The second-order valence-corrected chi connectivity index (χ2v) is 4.59. The molecule has 1 aromatic carbocycles. The van der Waals surface area contributed by atoms with Gasteiger partial charge in [-0.05, 0) is 31.4 Å². The van der Waals surface area contributed by atoms with E-state index in [1.807, 2.05) is 12.1 Å². The number of halogens is 1. The van der Waals surface area contributed by atoms with Crippen LogP contribution in [0, 0.1) is 0 Å². The van der Waals surface area contributed by atoms with Gasteiger partial charge in [0.15, 0.2) is 0 Å². The average Bonchev–Trinajstić information content (AvgIpc) is 2.25. The molecule has 0 radical (unpaired) electrons. The van der Waals surface area contributed by atoms with Crippen LogP contribution >= 0.6 is 15.9 Å². The summed E-state index contributed by atoms with van der Waals surface area (Å²) >= 11 is 3.54. The molecule has 0 aliphatic carbocycles. The topological polar surface area (TPSA) is 12.0 Å². The summed E-state index contributed by atoms with van der Waals surface area (Å²) in [4.78, 5) is 0. The molecule has 0 heterocycles. The summed E-state index contributed by atoms with van der Waals surface area (Å²) in [6.07, 6.45) is 4.19.